The van der Waals surface area contributed by atoms with Gasteiger partial charge in [0.2, 0.25) is 0 Å². The number of amides is 2. The quantitative estimate of drug-likeness (QED) is 0.849. The first-order chi connectivity index (χ1) is 13.8. The van der Waals surface area contributed by atoms with Gasteiger partial charge in [0.25, 0.3) is 17.4 Å². The van der Waals surface area contributed by atoms with Gasteiger partial charge < -0.3 is 14.8 Å². The molecule has 0 spiro atoms. The van der Waals surface area contributed by atoms with Gasteiger partial charge in [-0.3, -0.25) is 14.4 Å². The van der Waals surface area contributed by atoms with Crippen LogP contribution in [0.5, 0.6) is 0 Å². The van der Waals surface area contributed by atoms with E-state index in [1.165, 1.54) is 4.57 Å². The second-order valence-corrected chi connectivity index (χ2v) is 8.75. The molecule has 4 rings (SSSR count). The van der Waals surface area contributed by atoms with Crippen molar-refractivity contribution in [2.75, 3.05) is 13.1 Å². The predicted molar refractivity (Wildman–Crippen MR) is 111 cm³/mol. The summed E-state index contributed by atoms with van der Waals surface area (Å²) in [4.78, 5) is 40.4. The molecule has 0 unspecified atom stereocenters. The van der Waals surface area contributed by atoms with Crippen LogP contribution in [0.2, 0.25) is 0 Å². The largest absolute Gasteiger partial charge is 0.348 e. The monoisotopic (exact) mass is 393 g/mol. The van der Waals surface area contributed by atoms with Crippen molar-refractivity contribution in [3.63, 3.8) is 0 Å². The zero-order valence-electron chi connectivity index (χ0n) is 17.2. The third kappa shape index (κ3) is 3.84. The summed E-state index contributed by atoms with van der Waals surface area (Å²) < 4.78 is 1.48. The number of pyridine rings is 1. The molecule has 0 saturated heterocycles. The second-order valence-electron chi connectivity index (χ2n) is 8.75. The lowest BCUT2D eigenvalue weighted by Gasteiger charge is -2.32. The van der Waals surface area contributed by atoms with Crippen LogP contribution in [-0.4, -0.2) is 34.4 Å². The minimum Gasteiger partial charge on any atom is -0.348 e. The number of fused-ring (bicyclic) bond motifs is 1. The van der Waals surface area contributed by atoms with E-state index in [9.17, 15) is 14.4 Å². The van der Waals surface area contributed by atoms with Gasteiger partial charge >= 0.3 is 0 Å². The molecular formula is C23H27N3O3. The standard InChI is InChI=1S/C23H27N3O3/c1-15-4-6-17(7-5-15)13-24-20(27)18-12-16(2)19-22(29)25(14-23(3)8-9-23)10-11-26(19)21(18)28/h4-7,12H,8-11,13-14H2,1-3H3,(H,24,27). The SMILES string of the molecule is Cc1ccc(CNC(=O)c2cc(C)c3n(c2=O)CCN(CC2(C)CC2)C3=O)cc1. The van der Waals surface area contributed by atoms with E-state index >= 15 is 0 Å². The van der Waals surface area contributed by atoms with Gasteiger partial charge in [0, 0.05) is 26.2 Å². The highest BCUT2D eigenvalue weighted by molar-refractivity contribution is 5.98. The van der Waals surface area contributed by atoms with E-state index in [4.69, 9.17) is 0 Å². The topological polar surface area (TPSA) is 71.4 Å². The smallest absolute Gasteiger partial charge is 0.270 e. The predicted octanol–water partition coefficient (Wildman–Crippen LogP) is 2.65. The Bertz CT molecular complexity index is 1030. The Kier molecular flexibility index (Phi) is 4.81. The van der Waals surface area contributed by atoms with Crippen molar-refractivity contribution in [3.05, 3.63) is 68.6 Å². The summed E-state index contributed by atoms with van der Waals surface area (Å²) in [7, 11) is 0. The Morgan fingerprint density at radius 1 is 1.10 bits per heavy atom. The number of aromatic nitrogens is 1. The van der Waals surface area contributed by atoms with Crippen LogP contribution in [0.4, 0.5) is 0 Å². The van der Waals surface area contributed by atoms with Crippen molar-refractivity contribution in [3.8, 4) is 0 Å². The van der Waals surface area contributed by atoms with E-state index in [0.29, 0.717) is 30.9 Å². The molecule has 1 fully saturated rings. The molecule has 0 radical (unpaired) electrons. The minimum atomic E-state index is -0.408. The normalized spacial score (nSPS) is 17.1. The van der Waals surface area contributed by atoms with Crippen LogP contribution in [0.25, 0.3) is 0 Å². The minimum absolute atomic E-state index is 0.0915. The summed E-state index contributed by atoms with van der Waals surface area (Å²) in [5, 5.41) is 2.82. The maximum Gasteiger partial charge on any atom is 0.270 e. The molecule has 1 N–H and O–H groups in total. The molecule has 6 heteroatoms. The molecule has 2 aromatic rings. The van der Waals surface area contributed by atoms with Crippen LogP contribution in [0, 0.1) is 19.3 Å². The van der Waals surface area contributed by atoms with Crippen molar-refractivity contribution in [1.29, 1.82) is 0 Å². The van der Waals surface area contributed by atoms with Gasteiger partial charge in [0.1, 0.15) is 11.3 Å². The van der Waals surface area contributed by atoms with Crippen LogP contribution in [-0.2, 0) is 13.1 Å². The Morgan fingerprint density at radius 2 is 1.79 bits per heavy atom. The molecule has 1 aliphatic heterocycles. The van der Waals surface area contributed by atoms with Gasteiger partial charge in [-0.2, -0.15) is 0 Å². The molecule has 1 saturated carbocycles. The van der Waals surface area contributed by atoms with Crippen LogP contribution < -0.4 is 10.9 Å². The van der Waals surface area contributed by atoms with Gasteiger partial charge in [-0.1, -0.05) is 36.8 Å². The fourth-order valence-corrected chi connectivity index (χ4v) is 3.91. The summed E-state index contributed by atoms with van der Waals surface area (Å²) in [5.41, 5.74) is 3.13. The van der Waals surface area contributed by atoms with Crippen molar-refractivity contribution in [1.82, 2.24) is 14.8 Å². The molecule has 152 valence electrons. The van der Waals surface area contributed by atoms with Gasteiger partial charge in [-0.15, -0.1) is 0 Å². The lowest BCUT2D eigenvalue weighted by molar-refractivity contribution is 0.0662. The molecule has 2 aliphatic rings. The average molecular weight is 393 g/mol. The average Bonchev–Trinajstić information content (AvgIpc) is 3.42. The molecule has 0 bridgehead atoms. The number of benzene rings is 1. The Balaban J connectivity index is 1.55. The molecule has 2 amide bonds. The summed E-state index contributed by atoms with van der Waals surface area (Å²) in [6.45, 7) is 8.01. The number of nitrogens with zero attached hydrogens (tertiary/aromatic N) is 2. The Labute approximate surface area is 170 Å². The van der Waals surface area contributed by atoms with Gasteiger partial charge in [-0.25, -0.2) is 0 Å². The molecule has 1 aromatic carbocycles. The fraction of sp³-hybridized carbons (Fsp3) is 0.435. The zero-order valence-corrected chi connectivity index (χ0v) is 17.2. The van der Waals surface area contributed by atoms with Crippen LogP contribution in [0.3, 0.4) is 0 Å². The number of carbonyl (C=O) groups is 2. The van der Waals surface area contributed by atoms with Crippen molar-refractivity contribution < 1.29 is 9.59 Å². The Morgan fingerprint density at radius 3 is 2.45 bits per heavy atom. The van der Waals surface area contributed by atoms with Crippen LogP contribution >= 0.6 is 0 Å². The van der Waals surface area contributed by atoms with Crippen LogP contribution in [0.1, 0.15) is 57.3 Å². The number of rotatable bonds is 5. The summed E-state index contributed by atoms with van der Waals surface area (Å²) in [5.74, 6) is -0.514. The van der Waals surface area contributed by atoms with Gasteiger partial charge in [-0.05, 0) is 49.3 Å². The summed E-state index contributed by atoms with van der Waals surface area (Å²) >= 11 is 0. The molecule has 2 heterocycles. The van der Waals surface area contributed by atoms with E-state index in [1.807, 2.05) is 36.1 Å². The molecule has 1 aliphatic carbocycles. The molecule has 6 nitrogen and oxygen atoms in total. The third-order valence-corrected chi connectivity index (χ3v) is 6.06. The van der Waals surface area contributed by atoms with Crippen molar-refractivity contribution in [2.24, 2.45) is 5.41 Å². The number of aryl methyl sites for hydroxylation is 2. The van der Waals surface area contributed by atoms with E-state index in [2.05, 4.69) is 12.2 Å². The summed E-state index contributed by atoms with van der Waals surface area (Å²) in [6, 6.07) is 9.43. The lowest BCUT2D eigenvalue weighted by Crippen LogP contribution is -2.48. The van der Waals surface area contributed by atoms with Crippen molar-refractivity contribution >= 4 is 11.8 Å². The highest BCUT2D eigenvalue weighted by Crippen LogP contribution is 2.45. The van der Waals surface area contributed by atoms with E-state index < -0.39 is 11.5 Å². The zero-order chi connectivity index (χ0) is 20.8. The first kappa shape index (κ1) is 19.4. The van der Waals surface area contributed by atoms with Gasteiger partial charge in [0.05, 0.1) is 0 Å². The second kappa shape index (κ2) is 7.17. The van der Waals surface area contributed by atoms with E-state index in [-0.39, 0.29) is 16.9 Å². The maximum absolute atomic E-state index is 13.0. The number of hydrogen-bond acceptors (Lipinski definition) is 3. The lowest BCUT2D eigenvalue weighted by atomic mass is 10.0. The molecule has 1 aromatic heterocycles. The Hall–Kier alpha value is -2.89. The summed E-state index contributed by atoms with van der Waals surface area (Å²) in [6.07, 6.45) is 2.28. The fourth-order valence-electron chi connectivity index (χ4n) is 3.91. The highest BCUT2D eigenvalue weighted by Gasteiger charge is 2.41. The van der Waals surface area contributed by atoms with Crippen LogP contribution in [0.15, 0.2) is 35.1 Å². The number of carbonyl (C=O) groups excluding carboxylic acids is 2. The molecular weight excluding hydrogens is 366 g/mol. The third-order valence-electron chi connectivity index (χ3n) is 6.06. The van der Waals surface area contributed by atoms with E-state index in [1.54, 1.807) is 13.0 Å². The van der Waals surface area contributed by atoms with Crippen molar-refractivity contribution in [2.45, 2.75) is 46.7 Å². The highest BCUT2D eigenvalue weighted by atomic mass is 16.2. The maximum atomic E-state index is 13.0. The van der Waals surface area contributed by atoms with Gasteiger partial charge in [0.15, 0.2) is 0 Å². The first-order valence-corrected chi connectivity index (χ1v) is 10.1. The number of hydrogen-bond donors (Lipinski definition) is 1. The molecule has 0 atom stereocenters. The van der Waals surface area contributed by atoms with E-state index in [0.717, 1.165) is 30.5 Å². The first-order valence-electron chi connectivity index (χ1n) is 10.1. The molecule has 29 heavy (non-hydrogen) atoms. The number of nitrogens with one attached hydrogen (secondary N) is 1.